The number of nitrogens with one attached hydrogen (secondary N) is 2. The Morgan fingerprint density at radius 2 is 2.05 bits per heavy atom. The zero-order valence-electron chi connectivity index (χ0n) is 13.1. The highest BCUT2D eigenvalue weighted by molar-refractivity contribution is 8.00. The van der Waals surface area contributed by atoms with Crippen molar-refractivity contribution in [1.82, 2.24) is 10.6 Å². The summed E-state index contributed by atoms with van der Waals surface area (Å²) in [5, 5.41) is 6.56. The van der Waals surface area contributed by atoms with Gasteiger partial charge in [-0.2, -0.15) is 11.8 Å². The van der Waals surface area contributed by atoms with E-state index in [1.165, 1.54) is 0 Å². The van der Waals surface area contributed by atoms with Crippen LogP contribution in [0.15, 0.2) is 0 Å². The molecule has 0 saturated carbocycles. The topological polar surface area (TPSA) is 41.1 Å². The molecular formula is C15H30N2OS. The van der Waals surface area contributed by atoms with E-state index in [1.807, 2.05) is 11.8 Å². The first-order valence-corrected chi connectivity index (χ1v) is 8.69. The molecule has 1 fully saturated rings. The minimum Gasteiger partial charge on any atom is -0.353 e. The highest BCUT2D eigenvalue weighted by atomic mass is 32.2. The average molecular weight is 286 g/mol. The van der Waals surface area contributed by atoms with Crippen molar-refractivity contribution < 1.29 is 4.79 Å². The molecule has 1 rings (SSSR count). The molecule has 3 nitrogen and oxygen atoms in total. The van der Waals surface area contributed by atoms with Crippen LogP contribution in [0.2, 0.25) is 0 Å². The van der Waals surface area contributed by atoms with Gasteiger partial charge in [-0.3, -0.25) is 4.79 Å². The predicted octanol–water partition coefficient (Wildman–Crippen LogP) is 2.80. The second-order valence-electron chi connectivity index (χ2n) is 6.29. The molecule has 1 heterocycles. The first kappa shape index (κ1) is 16.8. The maximum atomic E-state index is 12.4. The molecule has 1 aliphatic heterocycles. The first-order chi connectivity index (χ1) is 8.90. The van der Waals surface area contributed by atoms with E-state index in [1.54, 1.807) is 0 Å². The molecule has 0 spiro atoms. The molecule has 19 heavy (non-hydrogen) atoms. The summed E-state index contributed by atoms with van der Waals surface area (Å²) in [7, 11) is 0. The van der Waals surface area contributed by atoms with Gasteiger partial charge >= 0.3 is 0 Å². The molecule has 112 valence electrons. The summed E-state index contributed by atoms with van der Waals surface area (Å²) in [6.45, 7) is 10.5. The number of amides is 1. The van der Waals surface area contributed by atoms with Crippen molar-refractivity contribution in [3.63, 3.8) is 0 Å². The average Bonchev–Trinajstić information content (AvgIpc) is 2.40. The van der Waals surface area contributed by atoms with Gasteiger partial charge in [-0.05, 0) is 43.9 Å². The third-order valence-electron chi connectivity index (χ3n) is 4.70. The zero-order chi connectivity index (χ0) is 14.5. The molecule has 0 aromatic heterocycles. The van der Waals surface area contributed by atoms with E-state index in [0.717, 1.165) is 38.8 Å². The van der Waals surface area contributed by atoms with Gasteiger partial charge in [-0.15, -0.1) is 0 Å². The van der Waals surface area contributed by atoms with Crippen molar-refractivity contribution in [2.24, 2.45) is 5.41 Å². The summed E-state index contributed by atoms with van der Waals surface area (Å²) >= 11 is 1.87. The zero-order valence-corrected chi connectivity index (χ0v) is 14.0. The highest BCUT2D eigenvalue weighted by Gasteiger charge is 2.37. The minimum absolute atomic E-state index is 0.0467. The van der Waals surface area contributed by atoms with Gasteiger partial charge < -0.3 is 10.6 Å². The maximum Gasteiger partial charge on any atom is 0.237 e. The molecule has 1 aliphatic rings. The number of hydrogen-bond acceptors (Lipinski definition) is 3. The highest BCUT2D eigenvalue weighted by Crippen LogP contribution is 2.32. The normalized spacial score (nSPS) is 23.1. The van der Waals surface area contributed by atoms with Crippen LogP contribution in [0.4, 0.5) is 0 Å². The van der Waals surface area contributed by atoms with Crippen molar-refractivity contribution in [2.45, 2.75) is 64.2 Å². The first-order valence-electron chi connectivity index (χ1n) is 7.47. The summed E-state index contributed by atoms with van der Waals surface area (Å²) in [5.74, 6) is 0.171. The Hall–Kier alpha value is -0.220. The van der Waals surface area contributed by atoms with E-state index in [9.17, 15) is 4.79 Å². The molecule has 1 atom stereocenters. The summed E-state index contributed by atoms with van der Waals surface area (Å²) in [4.78, 5) is 12.4. The molecule has 0 radical (unpaired) electrons. The Kier molecular flexibility index (Phi) is 6.18. The van der Waals surface area contributed by atoms with E-state index in [2.05, 4.69) is 44.6 Å². The molecule has 0 bridgehead atoms. The van der Waals surface area contributed by atoms with E-state index in [4.69, 9.17) is 0 Å². The van der Waals surface area contributed by atoms with E-state index in [-0.39, 0.29) is 22.1 Å². The molecule has 0 aromatic carbocycles. The molecule has 1 saturated heterocycles. The number of carbonyl (C=O) groups excluding carboxylic acids is 1. The number of thioether (sulfide) groups is 1. The lowest BCUT2D eigenvalue weighted by Gasteiger charge is -2.39. The van der Waals surface area contributed by atoms with E-state index >= 15 is 0 Å². The molecule has 0 aromatic rings. The number of carbonyl (C=O) groups is 1. The molecule has 1 unspecified atom stereocenters. The number of rotatable bonds is 6. The van der Waals surface area contributed by atoms with Crippen LogP contribution in [-0.4, -0.2) is 36.0 Å². The lowest BCUT2D eigenvalue weighted by atomic mass is 9.77. The molecule has 0 aliphatic carbocycles. The smallest absolute Gasteiger partial charge is 0.237 e. The Morgan fingerprint density at radius 3 is 2.53 bits per heavy atom. The molecule has 4 heteroatoms. The van der Waals surface area contributed by atoms with Crippen LogP contribution in [0.3, 0.4) is 0 Å². The second-order valence-corrected chi connectivity index (χ2v) is 7.57. The Balaban J connectivity index is 2.59. The van der Waals surface area contributed by atoms with Crippen molar-refractivity contribution >= 4 is 17.7 Å². The summed E-state index contributed by atoms with van der Waals surface area (Å²) in [6, 6.07) is -0.0467. The van der Waals surface area contributed by atoms with Crippen LogP contribution >= 0.6 is 11.8 Å². The fourth-order valence-corrected chi connectivity index (χ4v) is 3.66. The predicted molar refractivity (Wildman–Crippen MR) is 84.6 cm³/mol. The number of hydrogen-bond donors (Lipinski definition) is 2. The van der Waals surface area contributed by atoms with Gasteiger partial charge in [0.25, 0.3) is 0 Å². The summed E-state index contributed by atoms with van der Waals surface area (Å²) in [5.41, 5.74) is 0.0583. The van der Waals surface area contributed by atoms with Crippen molar-refractivity contribution in [3.8, 4) is 0 Å². The van der Waals surface area contributed by atoms with Gasteiger partial charge in [-0.25, -0.2) is 0 Å². The third-order valence-corrected chi connectivity index (χ3v) is 6.28. The van der Waals surface area contributed by atoms with E-state index < -0.39 is 0 Å². The second kappa shape index (κ2) is 6.98. The van der Waals surface area contributed by atoms with Crippen LogP contribution in [0.25, 0.3) is 0 Å². The van der Waals surface area contributed by atoms with Gasteiger partial charge in [0.2, 0.25) is 5.91 Å². The Labute approximate surface area is 122 Å². The largest absolute Gasteiger partial charge is 0.353 e. The number of piperidine rings is 1. The molecule has 1 amide bonds. The van der Waals surface area contributed by atoms with Gasteiger partial charge in [0.1, 0.15) is 0 Å². The molecule has 2 N–H and O–H groups in total. The van der Waals surface area contributed by atoms with Gasteiger partial charge in [0.05, 0.1) is 6.04 Å². The van der Waals surface area contributed by atoms with Crippen molar-refractivity contribution in [3.05, 3.63) is 0 Å². The van der Waals surface area contributed by atoms with Crippen LogP contribution in [0.1, 0.15) is 53.4 Å². The van der Waals surface area contributed by atoms with Crippen LogP contribution < -0.4 is 10.6 Å². The van der Waals surface area contributed by atoms with Crippen LogP contribution in [0, 0.1) is 5.41 Å². The van der Waals surface area contributed by atoms with Crippen LogP contribution in [-0.2, 0) is 4.79 Å². The Morgan fingerprint density at radius 1 is 1.42 bits per heavy atom. The standard InChI is InChI=1S/C15H30N2OS/c1-6-15(7-2,19-5)11-17-13(18)12-14(3,4)9-8-10-16-12/h12,16H,6-11H2,1-5H3,(H,17,18). The van der Waals surface area contributed by atoms with Crippen LogP contribution in [0.5, 0.6) is 0 Å². The maximum absolute atomic E-state index is 12.4. The lowest BCUT2D eigenvalue weighted by molar-refractivity contribution is -0.126. The lowest BCUT2D eigenvalue weighted by Crippen LogP contribution is -2.57. The molecular weight excluding hydrogens is 256 g/mol. The fraction of sp³-hybridized carbons (Fsp3) is 0.933. The van der Waals surface area contributed by atoms with Gasteiger partial charge in [0, 0.05) is 11.3 Å². The minimum atomic E-state index is -0.0467. The van der Waals surface area contributed by atoms with Gasteiger partial charge in [0.15, 0.2) is 0 Å². The third kappa shape index (κ3) is 4.12. The monoisotopic (exact) mass is 286 g/mol. The van der Waals surface area contributed by atoms with Crippen molar-refractivity contribution in [2.75, 3.05) is 19.3 Å². The van der Waals surface area contributed by atoms with Crippen molar-refractivity contribution in [1.29, 1.82) is 0 Å². The summed E-state index contributed by atoms with van der Waals surface area (Å²) < 4.78 is 0.189. The Bertz CT molecular complexity index is 292. The quantitative estimate of drug-likeness (QED) is 0.789. The van der Waals surface area contributed by atoms with E-state index in [0.29, 0.717) is 0 Å². The summed E-state index contributed by atoms with van der Waals surface area (Å²) in [6.07, 6.45) is 6.60. The van der Waals surface area contributed by atoms with Gasteiger partial charge in [-0.1, -0.05) is 27.7 Å². The fourth-order valence-electron chi connectivity index (χ4n) is 2.87. The SMILES string of the molecule is CCC(CC)(CNC(=O)C1NCCCC1(C)C)SC.